The molecule has 1 aromatic carbocycles. The zero-order chi connectivity index (χ0) is 16.1. The van der Waals surface area contributed by atoms with Gasteiger partial charge in [-0.15, -0.1) is 0 Å². The molecule has 1 unspecified atom stereocenters. The molecule has 1 fully saturated rings. The summed E-state index contributed by atoms with van der Waals surface area (Å²) in [6, 6.07) is 8.02. The Hall–Kier alpha value is -2.37. The van der Waals surface area contributed by atoms with Gasteiger partial charge in [0, 0.05) is 18.7 Å². The number of hydrogen-bond acceptors (Lipinski definition) is 3. The van der Waals surface area contributed by atoms with Gasteiger partial charge in [-0.1, -0.05) is 18.2 Å². The summed E-state index contributed by atoms with van der Waals surface area (Å²) in [6.45, 7) is 2.37. The number of carboxylic acid groups (broad SMARTS) is 1. The minimum atomic E-state index is -1.07. The molecule has 0 spiro atoms. The number of carbonyl (C=O) groups excluding carboxylic acids is 2. The van der Waals surface area contributed by atoms with Crippen LogP contribution in [-0.2, 0) is 9.59 Å². The van der Waals surface area contributed by atoms with Crippen LogP contribution in [0.15, 0.2) is 30.3 Å². The van der Waals surface area contributed by atoms with Crippen molar-refractivity contribution in [3.05, 3.63) is 35.9 Å². The summed E-state index contributed by atoms with van der Waals surface area (Å²) < 4.78 is 0. The number of nitrogens with one attached hydrogen (secondary N) is 1. The lowest BCUT2D eigenvalue weighted by molar-refractivity contribution is -0.142. The minimum absolute atomic E-state index is 0.0932. The summed E-state index contributed by atoms with van der Waals surface area (Å²) in [7, 11) is 0. The van der Waals surface area contributed by atoms with E-state index in [2.05, 4.69) is 5.32 Å². The topological polar surface area (TPSA) is 86.7 Å². The molecule has 2 rings (SSSR count). The molecule has 2 N–H and O–H groups in total. The standard InChI is InChI=1S/C16H20N2O4/c1-11(16(21)22)17-14(19)13-8-5-9-18(10-13)15(20)12-6-3-2-4-7-12/h2-4,6-7,11,13H,5,8-10H2,1H3,(H,17,19)(H,21,22)/t11-,13?/m1/s1. The van der Waals surface area contributed by atoms with E-state index < -0.39 is 12.0 Å². The van der Waals surface area contributed by atoms with E-state index in [4.69, 9.17) is 5.11 Å². The highest BCUT2D eigenvalue weighted by molar-refractivity contribution is 5.94. The summed E-state index contributed by atoms with van der Waals surface area (Å²) >= 11 is 0. The molecule has 2 atom stereocenters. The highest BCUT2D eigenvalue weighted by atomic mass is 16.4. The quantitative estimate of drug-likeness (QED) is 0.873. The molecule has 6 nitrogen and oxygen atoms in total. The van der Waals surface area contributed by atoms with Crippen LogP contribution in [-0.4, -0.2) is 46.9 Å². The van der Waals surface area contributed by atoms with Crippen molar-refractivity contribution in [1.82, 2.24) is 10.2 Å². The molecule has 118 valence electrons. The van der Waals surface area contributed by atoms with Gasteiger partial charge in [-0.2, -0.15) is 0 Å². The van der Waals surface area contributed by atoms with Gasteiger partial charge in [-0.25, -0.2) is 0 Å². The zero-order valence-electron chi connectivity index (χ0n) is 12.5. The van der Waals surface area contributed by atoms with E-state index in [0.717, 1.165) is 6.42 Å². The van der Waals surface area contributed by atoms with Crippen molar-refractivity contribution in [1.29, 1.82) is 0 Å². The highest BCUT2D eigenvalue weighted by Crippen LogP contribution is 2.19. The Morgan fingerprint density at radius 2 is 1.95 bits per heavy atom. The Kier molecular flexibility index (Phi) is 5.14. The smallest absolute Gasteiger partial charge is 0.325 e. The van der Waals surface area contributed by atoms with Crippen molar-refractivity contribution < 1.29 is 19.5 Å². The molecule has 1 saturated heterocycles. The van der Waals surface area contributed by atoms with Crippen LogP contribution in [0.4, 0.5) is 0 Å². The van der Waals surface area contributed by atoms with Crippen LogP contribution in [0.25, 0.3) is 0 Å². The fourth-order valence-corrected chi connectivity index (χ4v) is 2.53. The van der Waals surface area contributed by atoms with E-state index in [1.165, 1.54) is 6.92 Å². The Labute approximate surface area is 129 Å². The third-order valence-corrected chi connectivity index (χ3v) is 3.83. The Balaban J connectivity index is 1.98. The van der Waals surface area contributed by atoms with Crippen LogP contribution >= 0.6 is 0 Å². The number of benzene rings is 1. The number of amides is 2. The predicted molar refractivity (Wildman–Crippen MR) is 80.3 cm³/mol. The molecular weight excluding hydrogens is 284 g/mol. The van der Waals surface area contributed by atoms with Gasteiger partial charge in [0.1, 0.15) is 6.04 Å². The number of piperidine rings is 1. The van der Waals surface area contributed by atoms with E-state index in [1.807, 2.05) is 6.07 Å². The first-order valence-electron chi connectivity index (χ1n) is 7.36. The van der Waals surface area contributed by atoms with E-state index in [9.17, 15) is 14.4 Å². The lowest BCUT2D eigenvalue weighted by Gasteiger charge is -2.32. The van der Waals surface area contributed by atoms with Crippen LogP contribution in [0, 0.1) is 5.92 Å². The van der Waals surface area contributed by atoms with Gasteiger partial charge in [0.05, 0.1) is 5.92 Å². The average molecular weight is 304 g/mol. The first-order chi connectivity index (χ1) is 10.5. The fraction of sp³-hybridized carbons (Fsp3) is 0.438. The third-order valence-electron chi connectivity index (χ3n) is 3.83. The molecule has 0 aliphatic carbocycles. The summed E-state index contributed by atoms with van der Waals surface area (Å²) in [4.78, 5) is 37.0. The number of rotatable bonds is 4. The second kappa shape index (κ2) is 7.06. The van der Waals surface area contributed by atoms with Crippen molar-refractivity contribution in [3.8, 4) is 0 Å². The second-order valence-electron chi connectivity index (χ2n) is 5.52. The van der Waals surface area contributed by atoms with Gasteiger partial charge >= 0.3 is 5.97 Å². The Morgan fingerprint density at radius 1 is 1.27 bits per heavy atom. The maximum Gasteiger partial charge on any atom is 0.325 e. The van der Waals surface area contributed by atoms with Crippen LogP contribution in [0.1, 0.15) is 30.1 Å². The summed E-state index contributed by atoms with van der Waals surface area (Å²) in [5.74, 6) is -1.82. The highest BCUT2D eigenvalue weighted by Gasteiger charge is 2.30. The van der Waals surface area contributed by atoms with Crippen molar-refractivity contribution >= 4 is 17.8 Å². The molecule has 2 amide bonds. The molecule has 1 heterocycles. The molecule has 1 aliphatic heterocycles. The minimum Gasteiger partial charge on any atom is -0.480 e. The molecule has 22 heavy (non-hydrogen) atoms. The number of carboxylic acids is 1. The van der Waals surface area contributed by atoms with Gasteiger partial charge in [-0.05, 0) is 31.9 Å². The average Bonchev–Trinajstić information content (AvgIpc) is 2.55. The maximum atomic E-state index is 12.4. The van der Waals surface area contributed by atoms with Crippen molar-refractivity contribution in [3.63, 3.8) is 0 Å². The number of aliphatic carboxylic acids is 1. The SMILES string of the molecule is C[C@@H](NC(=O)C1CCCN(C(=O)c2ccccc2)C1)C(=O)O. The number of hydrogen-bond donors (Lipinski definition) is 2. The number of nitrogens with zero attached hydrogens (tertiary/aromatic N) is 1. The lowest BCUT2D eigenvalue weighted by atomic mass is 9.96. The van der Waals surface area contributed by atoms with Crippen molar-refractivity contribution in [2.75, 3.05) is 13.1 Å². The molecule has 0 radical (unpaired) electrons. The third kappa shape index (κ3) is 3.84. The van der Waals surface area contributed by atoms with Gasteiger partial charge in [0.25, 0.3) is 5.91 Å². The summed E-state index contributed by atoms with van der Waals surface area (Å²) in [5.41, 5.74) is 0.600. The second-order valence-corrected chi connectivity index (χ2v) is 5.52. The molecule has 6 heteroatoms. The van der Waals surface area contributed by atoms with E-state index in [-0.39, 0.29) is 17.7 Å². The molecule has 1 aromatic rings. The van der Waals surface area contributed by atoms with E-state index in [0.29, 0.717) is 25.1 Å². The Morgan fingerprint density at radius 3 is 2.59 bits per heavy atom. The lowest BCUT2D eigenvalue weighted by Crippen LogP contribution is -2.48. The van der Waals surface area contributed by atoms with Crippen LogP contribution < -0.4 is 5.32 Å². The zero-order valence-corrected chi connectivity index (χ0v) is 12.5. The molecule has 1 aliphatic rings. The van der Waals surface area contributed by atoms with Gasteiger partial charge in [0.2, 0.25) is 5.91 Å². The van der Waals surface area contributed by atoms with Gasteiger partial charge in [-0.3, -0.25) is 14.4 Å². The number of likely N-dealkylation sites (tertiary alicyclic amines) is 1. The molecule has 0 bridgehead atoms. The van der Waals surface area contributed by atoms with Crippen LogP contribution in [0.5, 0.6) is 0 Å². The molecule has 0 aromatic heterocycles. The summed E-state index contributed by atoms with van der Waals surface area (Å²) in [5, 5.41) is 11.3. The van der Waals surface area contributed by atoms with Crippen LogP contribution in [0.3, 0.4) is 0 Å². The summed E-state index contributed by atoms with van der Waals surface area (Å²) in [6.07, 6.45) is 1.40. The van der Waals surface area contributed by atoms with Gasteiger partial charge < -0.3 is 15.3 Å². The van der Waals surface area contributed by atoms with Crippen molar-refractivity contribution in [2.45, 2.75) is 25.8 Å². The maximum absolute atomic E-state index is 12.4. The molecular formula is C16H20N2O4. The normalized spacial score (nSPS) is 19.3. The monoisotopic (exact) mass is 304 g/mol. The van der Waals surface area contributed by atoms with E-state index in [1.54, 1.807) is 29.2 Å². The van der Waals surface area contributed by atoms with E-state index >= 15 is 0 Å². The number of carbonyl (C=O) groups is 3. The first-order valence-corrected chi connectivity index (χ1v) is 7.36. The predicted octanol–water partition coefficient (Wildman–Crippen LogP) is 1.13. The first kappa shape index (κ1) is 16.0. The van der Waals surface area contributed by atoms with Crippen molar-refractivity contribution in [2.24, 2.45) is 5.92 Å². The van der Waals surface area contributed by atoms with Gasteiger partial charge in [0.15, 0.2) is 0 Å². The Bertz CT molecular complexity index is 559. The fourth-order valence-electron chi connectivity index (χ4n) is 2.53. The molecule has 0 saturated carbocycles. The largest absolute Gasteiger partial charge is 0.480 e. The van der Waals surface area contributed by atoms with Crippen LogP contribution in [0.2, 0.25) is 0 Å².